The van der Waals surface area contributed by atoms with Crippen molar-refractivity contribution >= 4 is 0 Å². The molecule has 2 N–H and O–H groups in total. The van der Waals surface area contributed by atoms with Gasteiger partial charge < -0.3 is 5.73 Å². The molecule has 0 radical (unpaired) electrons. The fourth-order valence-corrected chi connectivity index (χ4v) is 3.49. The molecule has 1 saturated heterocycles. The number of nitrogens with zero attached hydrogens (tertiary/aromatic N) is 1. The number of hydrogen-bond donors (Lipinski definition) is 1. The van der Waals surface area contributed by atoms with Crippen LogP contribution in [0.25, 0.3) is 0 Å². The lowest BCUT2D eigenvalue weighted by molar-refractivity contribution is 0.172. The zero-order valence-corrected chi connectivity index (χ0v) is 10.1. The van der Waals surface area contributed by atoms with Crippen molar-refractivity contribution in [1.82, 2.24) is 4.90 Å². The number of rotatable bonds is 4. The van der Waals surface area contributed by atoms with Crippen LogP contribution in [0.2, 0.25) is 0 Å². The molecule has 0 aromatic carbocycles. The average Bonchev–Trinajstić information content (AvgIpc) is 2.62. The Labute approximate surface area is 94.2 Å². The molecule has 3 unspecified atom stereocenters. The monoisotopic (exact) mass is 210 g/mol. The summed E-state index contributed by atoms with van der Waals surface area (Å²) in [7, 11) is 0. The minimum atomic E-state index is 0.413. The molecule has 2 heteroatoms. The second kappa shape index (κ2) is 5.31. The minimum Gasteiger partial charge on any atom is -0.327 e. The van der Waals surface area contributed by atoms with Gasteiger partial charge in [-0.1, -0.05) is 26.2 Å². The summed E-state index contributed by atoms with van der Waals surface area (Å²) in [5.41, 5.74) is 6.14. The lowest BCUT2D eigenvalue weighted by Crippen LogP contribution is -2.42. The van der Waals surface area contributed by atoms with Crippen LogP contribution < -0.4 is 5.73 Å². The highest BCUT2D eigenvalue weighted by molar-refractivity contribution is 4.90. The van der Waals surface area contributed by atoms with Crippen LogP contribution in [0.15, 0.2) is 0 Å². The van der Waals surface area contributed by atoms with Crippen molar-refractivity contribution in [3.63, 3.8) is 0 Å². The van der Waals surface area contributed by atoms with Crippen LogP contribution in [-0.2, 0) is 0 Å². The SMILES string of the molecule is CCCC(N)CN1CCC2CCCCC21. The predicted molar refractivity (Wildman–Crippen MR) is 64.8 cm³/mol. The van der Waals surface area contributed by atoms with Crippen molar-refractivity contribution in [2.75, 3.05) is 13.1 Å². The summed E-state index contributed by atoms with van der Waals surface area (Å²) in [6, 6.07) is 1.30. The van der Waals surface area contributed by atoms with E-state index in [-0.39, 0.29) is 0 Å². The van der Waals surface area contributed by atoms with E-state index in [0.717, 1.165) is 18.5 Å². The van der Waals surface area contributed by atoms with Gasteiger partial charge in [0.25, 0.3) is 0 Å². The van der Waals surface area contributed by atoms with Gasteiger partial charge in [-0.05, 0) is 38.1 Å². The molecule has 0 bridgehead atoms. The van der Waals surface area contributed by atoms with Crippen LogP contribution in [0.3, 0.4) is 0 Å². The maximum absolute atomic E-state index is 6.14. The molecule has 3 atom stereocenters. The number of fused-ring (bicyclic) bond motifs is 1. The molecule has 15 heavy (non-hydrogen) atoms. The summed E-state index contributed by atoms with van der Waals surface area (Å²) in [5.74, 6) is 1.01. The summed E-state index contributed by atoms with van der Waals surface area (Å²) in [4.78, 5) is 2.68. The topological polar surface area (TPSA) is 29.3 Å². The molecule has 88 valence electrons. The van der Waals surface area contributed by atoms with Gasteiger partial charge in [0.15, 0.2) is 0 Å². The lowest BCUT2D eigenvalue weighted by Gasteiger charge is -2.33. The average molecular weight is 210 g/mol. The highest BCUT2D eigenvalue weighted by Crippen LogP contribution is 2.35. The van der Waals surface area contributed by atoms with Gasteiger partial charge in [0.05, 0.1) is 0 Å². The minimum absolute atomic E-state index is 0.413. The van der Waals surface area contributed by atoms with Crippen LogP contribution in [0.1, 0.15) is 51.9 Å². The van der Waals surface area contributed by atoms with Crippen LogP contribution >= 0.6 is 0 Å². The highest BCUT2D eigenvalue weighted by atomic mass is 15.2. The Morgan fingerprint density at radius 1 is 1.27 bits per heavy atom. The highest BCUT2D eigenvalue weighted by Gasteiger charge is 2.35. The zero-order chi connectivity index (χ0) is 10.7. The maximum atomic E-state index is 6.14. The predicted octanol–water partition coefficient (Wildman–Crippen LogP) is 2.38. The Kier molecular flexibility index (Phi) is 4.04. The fourth-order valence-electron chi connectivity index (χ4n) is 3.49. The Morgan fingerprint density at radius 3 is 2.87 bits per heavy atom. The molecule has 1 heterocycles. The van der Waals surface area contributed by atoms with E-state index in [2.05, 4.69) is 11.8 Å². The first kappa shape index (κ1) is 11.4. The molecule has 1 saturated carbocycles. The molecular formula is C13H26N2. The first-order valence-corrected chi connectivity index (χ1v) is 6.81. The van der Waals surface area contributed by atoms with Gasteiger partial charge in [-0.3, -0.25) is 4.90 Å². The summed E-state index contributed by atoms with van der Waals surface area (Å²) < 4.78 is 0. The van der Waals surface area contributed by atoms with Gasteiger partial charge in [-0.25, -0.2) is 0 Å². The van der Waals surface area contributed by atoms with E-state index in [1.54, 1.807) is 0 Å². The van der Waals surface area contributed by atoms with E-state index in [1.807, 2.05) is 0 Å². The van der Waals surface area contributed by atoms with E-state index in [0.29, 0.717) is 6.04 Å². The quantitative estimate of drug-likeness (QED) is 0.772. The van der Waals surface area contributed by atoms with Gasteiger partial charge in [-0.15, -0.1) is 0 Å². The third-order valence-electron chi connectivity index (χ3n) is 4.25. The Balaban J connectivity index is 1.82. The number of likely N-dealkylation sites (tertiary alicyclic amines) is 1. The van der Waals surface area contributed by atoms with Crippen molar-refractivity contribution in [2.45, 2.75) is 64.0 Å². The van der Waals surface area contributed by atoms with Crippen LogP contribution in [0.4, 0.5) is 0 Å². The summed E-state index contributed by atoms with van der Waals surface area (Å²) in [6.45, 7) is 4.69. The van der Waals surface area contributed by atoms with Crippen molar-refractivity contribution in [1.29, 1.82) is 0 Å². The van der Waals surface area contributed by atoms with Crippen molar-refractivity contribution in [3.05, 3.63) is 0 Å². The van der Waals surface area contributed by atoms with Gasteiger partial charge in [0.2, 0.25) is 0 Å². The zero-order valence-electron chi connectivity index (χ0n) is 10.1. The molecule has 0 aromatic rings. The van der Waals surface area contributed by atoms with Gasteiger partial charge in [0.1, 0.15) is 0 Å². The molecule has 1 aliphatic carbocycles. The lowest BCUT2D eigenvalue weighted by atomic mass is 9.85. The van der Waals surface area contributed by atoms with Crippen LogP contribution in [0.5, 0.6) is 0 Å². The smallest absolute Gasteiger partial charge is 0.0167 e. The molecule has 2 rings (SSSR count). The Bertz CT molecular complexity index is 193. The van der Waals surface area contributed by atoms with Crippen molar-refractivity contribution in [2.24, 2.45) is 11.7 Å². The van der Waals surface area contributed by atoms with Gasteiger partial charge >= 0.3 is 0 Å². The summed E-state index contributed by atoms with van der Waals surface area (Å²) >= 11 is 0. The van der Waals surface area contributed by atoms with Gasteiger partial charge in [-0.2, -0.15) is 0 Å². The maximum Gasteiger partial charge on any atom is 0.0167 e. The molecule has 2 nitrogen and oxygen atoms in total. The second-order valence-electron chi connectivity index (χ2n) is 5.44. The third kappa shape index (κ3) is 2.73. The summed E-state index contributed by atoms with van der Waals surface area (Å²) in [5, 5.41) is 0. The van der Waals surface area contributed by atoms with E-state index in [9.17, 15) is 0 Å². The largest absolute Gasteiger partial charge is 0.327 e. The molecule has 1 aliphatic heterocycles. The molecule has 0 spiro atoms. The number of hydrogen-bond acceptors (Lipinski definition) is 2. The van der Waals surface area contributed by atoms with E-state index >= 15 is 0 Å². The fraction of sp³-hybridized carbons (Fsp3) is 1.00. The molecule has 2 fully saturated rings. The standard InChI is InChI=1S/C13H26N2/c1-2-5-12(14)10-15-9-8-11-6-3-4-7-13(11)15/h11-13H,2-10,14H2,1H3. The Hall–Kier alpha value is -0.0800. The third-order valence-corrected chi connectivity index (χ3v) is 4.25. The van der Waals surface area contributed by atoms with Crippen molar-refractivity contribution < 1.29 is 0 Å². The van der Waals surface area contributed by atoms with E-state index in [4.69, 9.17) is 5.73 Å². The molecule has 2 aliphatic rings. The number of nitrogens with two attached hydrogens (primary N) is 1. The second-order valence-corrected chi connectivity index (χ2v) is 5.44. The first-order chi connectivity index (χ1) is 7.31. The molecular weight excluding hydrogens is 184 g/mol. The Morgan fingerprint density at radius 2 is 2.07 bits per heavy atom. The van der Waals surface area contributed by atoms with Crippen LogP contribution in [-0.4, -0.2) is 30.1 Å². The van der Waals surface area contributed by atoms with E-state index < -0.39 is 0 Å². The van der Waals surface area contributed by atoms with Crippen molar-refractivity contribution in [3.8, 4) is 0 Å². The van der Waals surface area contributed by atoms with Crippen LogP contribution in [0, 0.1) is 5.92 Å². The normalized spacial score (nSPS) is 34.0. The first-order valence-electron chi connectivity index (χ1n) is 6.81. The van der Waals surface area contributed by atoms with E-state index in [1.165, 1.54) is 51.5 Å². The van der Waals surface area contributed by atoms with Gasteiger partial charge in [0, 0.05) is 18.6 Å². The molecule has 0 aromatic heterocycles. The summed E-state index contributed by atoms with van der Waals surface area (Å²) in [6.07, 6.45) is 9.67. The molecule has 0 amide bonds.